The molecule has 2 fully saturated rings. The molecule has 1 atom stereocenters. The molecule has 0 amide bonds. The summed E-state index contributed by atoms with van der Waals surface area (Å²) in [4.78, 5) is 6.04. The number of anilines is 1. The maximum Gasteiger partial charge on any atom is 0.214 e. The van der Waals surface area contributed by atoms with E-state index in [1.165, 1.54) is 38.5 Å². The smallest absolute Gasteiger partial charge is 0.214 e. The van der Waals surface area contributed by atoms with E-state index < -0.39 is 0 Å². The number of hydrogen-bond acceptors (Lipinski definition) is 2. The van der Waals surface area contributed by atoms with Crippen LogP contribution >= 0.6 is 0 Å². The average molecular weight is 234 g/mol. The second-order valence-electron chi connectivity index (χ2n) is 5.28. The molecule has 0 N–H and O–H groups in total. The topological polar surface area (TPSA) is 16.1 Å². The highest BCUT2D eigenvalue weighted by Gasteiger charge is 2.33. The maximum atomic E-state index is 13.2. The fourth-order valence-corrected chi connectivity index (χ4v) is 3.52. The molecule has 2 nitrogen and oxygen atoms in total. The van der Waals surface area contributed by atoms with Gasteiger partial charge in [0.15, 0.2) is 0 Å². The zero-order chi connectivity index (χ0) is 11.7. The molecule has 2 heterocycles. The summed E-state index contributed by atoms with van der Waals surface area (Å²) in [6.45, 7) is 1.07. The molecular weight excluding hydrogens is 215 g/mol. The Hall–Kier alpha value is -1.12. The number of aromatic nitrogens is 1. The van der Waals surface area contributed by atoms with Crippen molar-refractivity contribution in [2.24, 2.45) is 5.92 Å². The van der Waals surface area contributed by atoms with Gasteiger partial charge in [0.1, 0.15) is 0 Å². The highest BCUT2D eigenvalue weighted by Crippen LogP contribution is 2.37. The Morgan fingerprint density at radius 1 is 1.18 bits per heavy atom. The summed E-state index contributed by atoms with van der Waals surface area (Å²) in [6.07, 6.45) is 9.55. The Balaban J connectivity index is 1.81. The Morgan fingerprint density at radius 2 is 2.00 bits per heavy atom. The maximum absolute atomic E-state index is 13.2. The highest BCUT2D eigenvalue weighted by molar-refractivity contribution is 5.47. The van der Waals surface area contributed by atoms with Crippen LogP contribution in [0.15, 0.2) is 18.3 Å². The van der Waals surface area contributed by atoms with E-state index in [4.69, 9.17) is 0 Å². The summed E-state index contributed by atoms with van der Waals surface area (Å²) >= 11 is 0. The van der Waals surface area contributed by atoms with Crippen LogP contribution in [-0.2, 0) is 0 Å². The molecule has 1 unspecified atom stereocenters. The third-order valence-electron chi connectivity index (χ3n) is 4.29. The van der Waals surface area contributed by atoms with Crippen molar-refractivity contribution in [3.8, 4) is 0 Å². The lowest BCUT2D eigenvalue weighted by atomic mass is 9.96. The summed E-state index contributed by atoms with van der Waals surface area (Å²) < 4.78 is 13.2. The Bertz CT molecular complexity index is 388. The van der Waals surface area contributed by atoms with Crippen LogP contribution in [0.1, 0.15) is 38.5 Å². The van der Waals surface area contributed by atoms with E-state index in [9.17, 15) is 4.39 Å². The normalized spacial score (nSPS) is 25.7. The minimum atomic E-state index is -0.362. The van der Waals surface area contributed by atoms with Gasteiger partial charge >= 0.3 is 0 Å². The molecule has 0 radical (unpaired) electrons. The second kappa shape index (κ2) is 4.63. The van der Waals surface area contributed by atoms with Crippen LogP contribution in [0.5, 0.6) is 0 Å². The summed E-state index contributed by atoms with van der Waals surface area (Å²) in [5.41, 5.74) is 1.02. The molecule has 3 heteroatoms. The third-order valence-corrected chi connectivity index (χ3v) is 4.29. The van der Waals surface area contributed by atoms with Gasteiger partial charge in [0.2, 0.25) is 5.95 Å². The summed E-state index contributed by atoms with van der Waals surface area (Å²) in [5, 5.41) is 0. The first-order chi connectivity index (χ1) is 8.34. The minimum absolute atomic E-state index is 0.362. The molecule has 1 aliphatic carbocycles. The van der Waals surface area contributed by atoms with E-state index in [-0.39, 0.29) is 5.95 Å². The SMILES string of the molecule is Fc1cc(N2CCCC2C2CCCC2)ccn1. The van der Waals surface area contributed by atoms with Crippen molar-refractivity contribution in [3.63, 3.8) is 0 Å². The van der Waals surface area contributed by atoms with Crippen LogP contribution in [-0.4, -0.2) is 17.6 Å². The van der Waals surface area contributed by atoms with E-state index in [1.807, 2.05) is 6.07 Å². The van der Waals surface area contributed by atoms with Crippen molar-refractivity contribution in [2.75, 3.05) is 11.4 Å². The van der Waals surface area contributed by atoms with Crippen LogP contribution < -0.4 is 4.90 Å². The highest BCUT2D eigenvalue weighted by atomic mass is 19.1. The molecular formula is C14H19FN2. The molecule has 2 aliphatic rings. The standard InChI is InChI=1S/C14H19FN2/c15-14-10-12(7-8-16-14)17-9-3-6-13(17)11-4-1-2-5-11/h7-8,10-11,13H,1-6,9H2. The molecule has 1 saturated carbocycles. The fourth-order valence-electron chi connectivity index (χ4n) is 3.52. The van der Waals surface area contributed by atoms with Gasteiger partial charge in [0.25, 0.3) is 0 Å². The monoisotopic (exact) mass is 234 g/mol. The molecule has 1 saturated heterocycles. The van der Waals surface area contributed by atoms with Crippen LogP contribution in [0, 0.1) is 11.9 Å². The van der Waals surface area contributed by atoms with Gasteiger partial charge in [-0.15, -0.1) is 0 Å². The molecule has 3 rings (SSSR count). The number of pyridine rings is 1. The predicted octanol–water partition coefficient (Wildman–Crippen LogP) is 3.38. The Kier molecular flexibility index (Phi) is 3.00. The number of hydrogen-bond donors (Lipinski definition) is 0. The van der Waals surface area contributed by atoms with Gasteiger partial charge < -0.3 is 4.90 Å². The number of nitrogens with zero attached hydrogens (tertiary/aromatic N) is 2. The zero-order valence-corrected chi connectivity index (χ0v) is 10.1. The fraction of sp³-hybridized carbons (Fsp3) is 0.643. The lowest BCUT2D eigenvalue weighted by Gasteiger charge is -2.31. The lowest BCUT2D eigenvalue weighted by molar-refractivity contribution is 0.430. The first-order valence-electron chi connectivity index (χ1n) is 6.73. The Labute approximate surface area is 102 Å². The van der Waals surface area contributed by atoms with Crippen molar-refractivity contribution in [2.45, 2.75) is 44.6 Å². The van der Waals surface area contributed by atoms with Gasteiger partial charge in [-0.1, -0.05) is 12.8 Å². The lowest BCUT2D eigenvalue weighted by Crippen LogP contribution is -2.34. The van der Waals surface area contributed by atoms with E-state index in [0.717, 1.165) is 18.2 Å². The van der Waals surface area contributed by atoms with Crippen LogP contribution in [0.2, 0.25) is 0 Å². The van der Waals surface area contributed by atoms with Gasteiger partial charge in [0, 0.05) is 30.5 Å². The van der Waals surface area contributed by atoms with Gasteiger partial charge in [-0.3, -0.25) is 0 Å². The first-order valence-corrected chi connectivity index (χ1v) is 6.73. The molecule has 17 heavy (non-hydrogen) atoms. The summed E-state index contributed by atoms with van der Waals surface area (Å²) in [7, 11) is 0. The van der Waals surface area contributed by atoms with Gasteiger partial charge in [0.05, 0.1) is 0 Å². The van der Waals surface area contributed by atoms with Crippen molar-refractivity contribution < 1.29 is 4.39 Å². The second-order valence-corrected chi connectivity index (χ2v) is 5.28. The molecule has 92 valence electrons. The zero-order valence-electron chi connectivity index (χ0n) is 10.1. The average Bonchev–Trinajstić information content (AvgIpc) is 3.00. The van der Waals surface area contributed by atoms with E-state index in [1.54, 1.807) is 12.3 Å². The number of halogens is 1. The van der Waals surface area contributed by atoms with Crippen molar-refractivity contribution in [3.05, 3.63) is 24.3 Å². The molecule has 0 bridgehead atoms. The van der Waals surface area contributed by atoms with Gasteiger partial charge in [-0.2, -0.15) is 4.39 Å². The van der Waals surface area contributed by atoms with Crippen molar-refractivity contribution in [1.29, 1.82) is 0 Å². The predicted molar refractivity (Wildman–Crippen MR) is 66.5 cm³/mol. The van der Waals surface area contributed by atoms with Gasteiger partial charge in [-0.25, -0.2) is 4.98 Å². The largest absolute Gasteiger partial charge is 0.368 e. The van der Waals surface area contributed by atoms with Crippen LogP contribution in [0.4, 0.5) is 10.1 Å². The van der Waals surface area contributed by atoms with Crippen molar-refractivity contribution in [1.82, 2.24) is 4.98 Å². The summed E-state index contributed by atoms with van der Waals surface area (Å²) in [5.74, 6) is 0.466. The van der Waals surface area contributed by atoms with Crippen LogP contribution in [0.25, 0.3) is 0 Å². The van der Waals surface area contributed by atoms with E-state index in [2.05, 4.69) is 9.88 Å². The Morgan fingerprint density at radius 3 is 2.76 bits per heavy atom. The molecule has 1 aliphatic heterocycles. The molecule has 1 aromatic rings. The quantitative estimate of drug-likeness (QED) is 0.729. The number of rotatable bonds is 2. The molecule has 1 aromatic heterocycles. The minimum Gasteiger partial charge on any atom is -0.368 e. The first kappa shape index (κ1) is 11.0. The van der Waals surface area contributed by atoms with Crippen LogP contribution in [0.3, 0.4) is 0 Å². The van der Waals surface area contributed by atoms with E-state index >= 15 is 0 Å². The summed E-state index contributed by atoms with van der Waals surface area (Å²) in [6, 6.07) is 4.16. The molecule has 0 spiro atoms. The van der Waals surface area contributed by atoms with E-state index in [0.29, 0.717) is 6.04 Å². The van der Waals surface area contributed by atoms with Crippen molar-refractivity contribution >= 4 is 5.69 Å². The van der Waals surface area contributed by atoms with Gasteiger partial charge in [-0.05, 0) is 37.7 Å². The molecule has 0 aromatic carbocycles. The third kappa shape index (κ3) is 2.15.